The molecule has 0 radical (unpaired) electrons. The minimum atomic E-state index is -0.374. The highest BCUT2D eigenvalue weighted by Gasteiger charge is 2.21. The zero-order valence-electron chi connectivity index (χ0n) is 11.1. The maximum atomic E-state index is 13.1. The van der Waals surface area contributed by atoms with Crippen LogP contribution in [0.15, 0.2) is 24.3 Å². The first-order valence-electron chi connectivity index (χ1n) is 6.07. The van der Waals surface area contributed by atoms with Gasteiger partial charge in [0.2, 0.25) is 5.91 Å². The van der Waals surface area contributed by atoms with Gasteiger partial charge in [0.05, 0.1) is 11.6 Å². The average molecular weight is 261 g/mol. The molecule has 1 atom stereocenters. The third-order valence-electron chi connectivity index (χ3n) is 3.10. The van der Waals surface area contributed by atoms with Crippen LogP contribution in [-0.4, -0.2) is 16.1 Å². The summed E-state index contributed by atoms with van der Waals surface area (Å²) in [5.41, 5.74) is 3.02. The van der Waals surface area contributed by atoms with E-state index in [1.54, 1.807) is 19.1 Å². The zero-order valence-corrected chi connectivity index (χ0v) is 11.1. The highest BCUT2D eigenvalue weighted by molar-refractivity contribution is 5.95. The van der Waals surface area contributed by atoms with Crippen molar-refractivity contribution in [1.82, 2.24) is 10.2 Å². The number of anilines is 1. The van der Waals surface area contributed by atoms with Gasteiger partial charge >= 0.3 is 0 Å². The molecule has 19 heavy (non-hydrogen) atoms. The van der Waals surface area contributed by atoms with E-state index in [0.29, 0.717) is 5.69 Å². The van der Waals surface area contributed by atoms with Crippen LogP contribution in [0, 0.1) is 19.7 Å². The standard InChI is InChI=1S/C14H16FN3O/c1-8(13-9(2)17-18-10(13)3)14(19)16-12-6-4-5-11(15)7-12/h4-8H,1-3H3,(H,16,19)(H,17,18). The number of halogens is 1. The lowest BCUT2D eigenvalue weighted by Crippen LogP contribution is -2.19. The monoisotopic (exact) mass is 261 g/mol. The van der Waals surface area contributed by atoms with Gasteiger partial charge in [-0.1, -0.05) is 6.07 Å². The molecule has 2 aromatic rings. The maximum Gasteiger partial charge on any atom is 0.231 e. The summed E-state index contributed by atoms with van der Waals surface area (Å²) in [5, 5.41) is 9.64. The van der Waals surface area contributed by atoms with Crippen LogP contribution < -0.4 is 5.32 Å². The van der Waals surface area contributed by atoms with Crippen molar-refractivity contribution in [2.45, 2.75) is 26.7 Å². The van der Waals surface area contributed by atoms with E-state index in [2.05, 4.69) is 15.5 Å². The summed E-state index contributed by atoms with van der Waals surface area (Å²) in [6.45, 7) is 5.53. The Morgan fingerprint density at radius 2 is 2.16 bits per heavy atom. The van der Waals surface area contributed by atoms with Crippen molar-refractivity contribution in [2.75, 3.05) is 5.32 Å². The Hall–Kier alpha value is -2.17. The van der Waals surface area contributed by atoms with Crippen LogP contribution in [0.4, 0.5) is 10.1 Å². The van der Waals surface area contributed by atoms with Crippen molar-refractivity contribution in [2.24, 2.45) is 0 Å². The molecular weight excluding hydrogens is 245 g/mol. The van der Waals surface area contributed by atoms with Crippen molar-refractivity contribution in [1.29, 1.82) is 0 Å². The molecule has 1 unspecified atom stereocenters. The van der Waals surface area contributed by atoms with E-state index in [1.807, 2.05) is 13.8 Å². The number of benzene rings is 1. The Bertz CT molecular complexity index is 587. The number of nitrogens with one attached hydrogen (secondary N) is 2. The summed E-state index contributed by atoms with van der Waals surface area (Å²) in [4.78, 5) is 12.2. The van der Waals surface area contributed by atoms with Gasteiger partial charge < -0.3 is 5.32 Å². The van der Waals surface area contributed by atoms with Gasteiger partial charge in [0.25, 0.3) is 0 Å². The molecule has 0 spiro atoms. The Morgan fingerprint density at radius 1 is 1.42 bits per heavy atom. The SMILES string of the molecule is Cc1n[nH]c(C)c1C(C)C(=O)Nc1cccc(F)c1. The second-order valence-corrected chi connectivity index (χ2v) is 4.57. The number of H-pyrrole nitrogens is 1. The quantitative estimate of drug-likeness (QED) is 0.892. The fourth-order valence-corrected chi connectivity index (χ4v) is 2.15. The van der Waals surface area contributed by atoms with Gasteiger partial charge in [-0.15, -0.1) is 0 Å². The van der Waals surface area contributed by atoms with Crippen LogP contribution in [0.3, 0.4) is 0 Å². The van der Waals surface area contributed by atoms with Crippen molar-refractivity contribution >= 4 is 11.6 Å². The molecule has 1 amide bonds. The van der Waals surface area contributed by atoms with Gasteiger partial charge in [0.1, 0.15) is 5.82 Å². The molecule has 4 nitrogen and oxygen atoms in total. The molecule has 1 aromatic carbocycles. The van der Waals surface area contributed by atoms with Gasteiger partial charge in [0, 0.05) is 16.9 Å². The van der Waals surface area contributed by atoms with E-state index in [9.17, 15) is 9.18 Å². The topological polar surface area (TPSA) is 57.8 Å². The van der Waals surface area contributed by atoms with Crippen molar-refractivity contribution in [3.63, 3.8) is 0 Å². The molecule has 1 heterocycles. The maximum absolute atomic E-state index is 13.1. The largest absolute Gasteiger partial charge is 0.325 e. The number of rotatable bonds is 3. The number of aromatic amines is 1. The van der Waals surface area contributed by atoms with Crippen molar-refractivity contribution < 1.29 is 9.18 Å². The summed E-state index contributed by atoms with van der Waals surface area (Å²) in [6, 6.07) is 5.84. The van der Waals surface area contributed by atoms with E-state index in [1.165, 1.54) is 12.1 Å². The third-order valence-corrected chi connectivity index (χ3v) is 3.10. The lowest BCUT2D eigenvalue weighted by Gasteiger charge is -2.12. The molecule has 0 saturated heterocycles. The summed E-state index contributed by atoms with van der Waals surface area (Å²) in [5.74, 6) is -0.902. The molecule has 0 aliphatic heterocycles. The van der Waals surface area contributed by atoms with Gasteiger partial charge in [0.15, 0.2) is 0 Å². The van der Waals surface area contributed by atoms with E-state index < -0.39 is 0 Å². The summed E-state index contributed by atoms with van der Waals surface area (Å²) < 4.78 is 13.1. The number of nitrogens with zero attached hydrogens (tertiary/aromatic N) is 1. The molecule has 0 bridgehead atoms. The normalized spacial score (nSPS) is 12.2. The summed E-state index contributed by atoms with van der Waals surface area (Å²) >= 11 is 0. The predicted octanol–water partition coefficient (Wildman–Crippen LogP) is 2.91. The molecule has 5 heteroatoms. The first-order chi connectivity index (χ1) is 8.99. The smallest absolute Gasteiger partial charge is 0.231 e. The Kier molecular flexibility index (Phi) is 3.64. The first-order valence-corrected chi connectivity index (χ1v) is 6.07. The van der Waals surface area contributed by atoms with Crippen LogP contribution in [0.1, 0.15) is 29.8 Å². The highest BCUT2D eigenvalue weighted by atomic mass is 19.1. The summed E-state index contributed by atoms with van der Waals surface area (Å²) in [6.07, 6.45) is 0. The number of amides is 1. The second-order valence-electron chi connectivity index (χ2n) is 4.57. The second kappa shape index (κ2) is 5.22. The molecule has 2 rings (SSSR count). The van der Waals surface area contributed by atoms with Gasteiger partial charge in [-0.2, -0.15) is 5.10 Å². The highest BCUT2D eigenvalue weighted by Crippen LogP contribution is 2.23. The van der Waals surface area contributed by atoms with Crippen molar-refractivity contribution in [3.8, 4) is 0 Å². The predicted molar refractivity (Wildman–Crippen MR) is 71.5 cm³/mol. The van der Waals surface area contributed by atoms with Crippen LogP contribution in [0.25, 0.3) is 0 Å². The van der Waals surface area contributed by atoms with Crippen LogP contribution >= 0.6 is 0 Å². The molecule has 100 valence electrons. The average Bonchev–Trinajstić information content (AvgIpc) is 2.68. The number of aryl methyl sites for hydroxylation is 2. The van der Waals surface area contributed by atoms with Gasteiger partial charge in [-0.25, -0.2) is 4.39 Å². The van der Waals surface area contributed by atoms with E-state index >= 15 is 0 Å². The molecule has 0 saturated carbocycles. The number of carbonyl (C=O) groups excluding carboxylic acids is 1. The molecule has 2 N–H and O–H groups in total. The van der Waals surface area contributed by atoms with E-state index in [0.717, 1.165) is 17.0 Å². The minimum absolute atomic E-state index is 0.182. The number of hydrogen-bond donors (Lipinski definition) is 2. The van der Waals surface area contributed by atoms with E-state index in [-0.39, 0.29) is 17.6 Å². The number of carbonyl (C=O) groups is 1. The lowest BCUT2D eigenvalue weighted by atomic mass is 9.98. The Balaban J connectivity index is 2.16. The molecule has 0 fully saturated rings. The Labute approximate surface area is 111 Å². The van der Waals surface area contributed by atoms with Gasteiger partial charge in [-0.3, -0.25) is 9.89 Å². The third kappa shape index (κ3) is 2.81. The van der Waals surface area contributed by atoms with Crippen LogP contribution in [-0.2, 0) is 4.79 Å². The zero-order chi connectivity index (χ0) is 14.0. The fourth-order valence-electron chi connectivity index (χ4n) is 2.15. The fraction of sp³-hybridized carbons (Fsp3) is 0.286. The minimum Gasteiger partial charge on any atom is -0.325 e. The number of aromatic nitrogens is 2. The Morgan fingerprint density at radius 3 is 2.74 bits per heavy atom. The lowest BCUT2D eigenvalue weighted by molar-refractivity contribution is -0.117. The van der Waals surface area contributed by atoms with Crippen molar-refractivity contribution in [3.05, 3.63) is 47.0 Å². The number of hydrogen-bond acceptors (Lipinski definition) is 2. The van der Waals surface area contributed by atoms with Crippen LogP contribution in [0.5, 0.6) is 0 Å². The van der Waals surface area contributed by atoms with Crippen LogP contribution in [0.2, 0.25) is 0 Å². The molecular formula is C14H16FN3O. The van der Waals surface area contributed by atoms with Gasteiger partial charge in [-0.05, 0) is 39.0 Å². The summed E-state index contributed by atoms with van der Waals surface area (Å²) in [7, 11) is 0. The molecule has 0 aliphatic rings. The first kappa shape index (κ1) is 13.3. The van der Waals surface area contributed by atoms with E-state index in [4.69, 9.17) is 0 Å². The molecule has 0 aliphatic carbocycles. The molecule has 1 aromatic heterocycles.